The number of hydrogen-bond donors (Lipinski definition) is 0. The van der Waals surface area contributed by atoms with Gasteiger partial charge in [0.15, 0.2) is 0 Å². The summed E-state index contributed by atoms with van der Waals surface area (Å²) in [6.07, 6.45) is 0.504. The Hall–Kier alpha value is -2.46. The fourth-order valence-corrected chi connectivity index (χ4v) is 6.35. The molecule has 1 unspecified atom stereocenters. The number of halogens is 1. The molecule has 172 valence electrons. The average Bonchev–Trinajstić information content (AvgIpc) is 3.13. The molecule has 0 aliphatic heterocycles. The lowest BCUT2D eigenvalue weighted by molar-refractivity contribution is 0.235. The lowest BCUT2D eigenvalue weighted by atomic mass is 10.1. The van der Waals surface area contributed by atoms with Gasteiger partial charge in [0.1, 0.15) is 6.10 Å². The highest BCUT2D eigenvalue weighted by Gasteiger charge is 2.27. The Morgan fingerprint density at radius 1 is 0.818 bits per heavy atom. The van der Waals surface area contributed by atoms with Crippen LogP contribution in [0.2, 0.25) is 0 Å². The zero-order valence-corrected chi connectivity index (χ0v) is 21.4. The average molecular weight is 548 g/mol. The molecule has 0 aliphatic carbocycles. The summed E-state index contributed by atoms with van der Waals surface area (Å²) in [6, 6.07) is 18.1. The number of rotatable bonds is 6. The monoisotopic (exact) mass is 547 g/mol. The fraction of sp³-hybridized carbons (Fsp3) is 0.167. The predicted octanol–water partition coefficient (Wildman–Crippen LogP) is 5.72. The van der Waals surface area contributed by atoms with Gasteiger partial charge in [0.05, 0.1) is 15.3 Å². The molecule has 0 N–H and O–H groups in total. The minimum Gasteiger partial charge on any atom is -0.258 e. The minimum absolute atomic E-state index is 0.0390. The van der Waals surface area contributed by atoms with Crippen molar-refractivity contribution in [1.82, 2.24) is 3.97 Å². The first-order valence-electron chi connectivity index (χ1n) is 10.1. The molecule has 6 nitrogen and oxygen atoms in total. The van der Waals surface area contributed by atoms with Gasteiger partial charge in [-0.25, -0.2) is 12.4 Å². The van der Waals surface area contributed by atoms with Crippen LogP contribution in [-0.2, 0) is 24.3 Å². The zero-order valence-electron chi connectivity index (χ0n) is 18.2. The van der Waals surface area contributed by atoms with E-state index < -0.39 is 26.2 Å². The van der Waals surface area contributed by atoms with Crippen molar-refractivity contribution < 1.29 is 21.0 Å². The van der Waals surface area contributed by atoms with E-state index in [9.17, 15) is 16.8 Å². The largest absolute Gasteiger partial charge is 0.297 e. The van der Waals surface area contributed by atoms with Crippen molar-refractivity contribution >= 4 is 47.0 Å². The summed E-state index contributed by atoms with van der Waals surface area (Å²) in [6.45, 7) is 5.33. The smallest absolute Gasteiger partial charge is 0.258 e. The molecule has 0 amide bonds. The van der Waals surface area contributed by atoms with E-state index in [4.69, 9.17) is 4.18 Å². The molecular weight excluding hydrogens is 526 g/mol. The molecule has 0 saturated heterocycles. The van der Waals surface area contributed by atoms with Crippen LogP contribution in [0.15, 0.2) is 87.2 Å². The van der Waals surface area contributed by atoms with E-state index in [0.29, 0.717) is 16.5 Å². The molecule has 0 saturated carbocycles. The second-order valence-corrected chi connectivity index (χ2v) is 12.2. The molecule has 1 atom stereocenters. The number of aromatic nitrogens is 1. The number of aryl methyl sites for hydroxylation is 2. The number of hydrogen-bond acceptors (Lipinski definition) is 5. The van der Waals surface area contributed by atoms with Gasteiger partial charge in [-0.2, -0.15) is 8.42 Å². The van der Waals surface area contributed by atoms with E-state index in [0.717, 1.165) is 15.6 Å². The maximum Gasteiger partial charge on any atom is 0.297 e. The van der Waals surface area contributed by atoms with Crippen molar-refractivity contribution in [3.8, 4) is 0 Å². The first kappa shape index (κ1) is 23.7. The van der Waals surface area contributed by atoms with Crippen LogP contribution >= 0.6 is 15.9 Å². The first-order chi connectivity index (χ1) is 15.5. The van der Waals surface area contributed by atoms with Crippen molar-refractivity contribution in [2.24, 2.45) is 0 Å². The lowest BCUT2D eigenvalue weighted by Crippen LogP contribution is -2.12. The maximum absolute atomic E-state index is 13.4. The standard InChI is InChI=1S/C24H22BrNO5S2/c1-16-4-9-20(10-5-16)32(27,28)26-15-23(22-14-19(25)8-13-24(22)26)18(3)31-33(29,30)21-11-6-17(2)7-12-21/h4-15,18H,1-3H3. The van der Waals surface area contributed by atoms with Crippen molar-refractivity contribution in [3.63, 3.8) is 0 Å². The van der Waals surface area contributed by atoms with E-state index in [2.05, 4.69) is 15.9 Å². The molecule has 0 fully saturated rings. The highest BCUT2D eigenvalue weighted by molar-refractivity contribution is 9.10. The molecular formula is C24H22BrNO5S2. The molecule has 0 radical (unpaired) electrons. The van der Waals surface area contributed by atoms with Gasteiger partial charge in [0.25, 0.3) is 20.1 Å². The Balaban J connectivity index is 1.81. The van der Waals surface area contributed by atoms with Crippen LogP contribution in [0.5, 0.6) is 0 Å². The maximum atomic E-state index is 13.4. The van der Waals surface area contributed by atoms with Crippen LogP contribution in [-0.4, -0.2) is 20.8 Å². The van der Waals surface area contributed by atoms with E-state index in [1.165, 1.54) is 22.3 Å². The van der Waals surface area contributed by atoms with Crippen molar-refractivity contribution in [2.45, 2.75) is 36.7 Å². The summed E-state index contributed by atoms with van der Waals surface area (Å²) >= 11 is 3.42. The third-order valence-corrected chi connectivity index (χ3v) is 8.93. The van der Waals surface area contributed by atoms with E-state index in [-0.39, 0.29) is 9.79 Å². The van der Waals surface area contributed by atoms with Gasteiger partial charge in [0, 0.05) is 21.6 Å². The highest BCUT2D eigenvalue weighted by atomic mass is 79.9. The van der Waals surface area contributed by atoms with Gasteiger partial charge >= 0.3 is 0 Å². The molecule has 0 spiro atoms. The molecule has 1 heterocycles. The lowest BCUT2D eigenvalue weighted by Gasteiger charge is -2.13. The van der Waals surface area contributed by atoms with Gasteiger partial charge in [0.2, 0.25) is 0 Å². The minimum atomic E-state index is -4.06. The molecule has 3 aromatic carbocycles. The molecule has 1 aromatic heterocycles. The predicted molar refractivity (Wildman–Crippen MR) is 131 cm³/mol. The molecule has 4 rings (SSSR count). The quantitative estimate of drug-likeness (QED) is 0.288. The summed E-state index contributed by atoms with van der Waals surface area (Å²) < 4.78 is 59.9. The second-order valence-electron chi connectivity index (χ2n) is 7.87. The van der Waals surface area contributed by atoms with Gasteiger partial charge < -0.3 is 0 Å². The summed E-state index contributed by atoms with van der Waals surface area (Å²) in [5.41, 5.74) is 2.74. The van der Waals surface area contributed by atoms with Gasteiger partial charge in [-0.3, -0.25) is 4.18 Å². The number of benzene rings is 3. The number of fused-ring (bicyclic) bond motifs is 1. The Morgan fingerprint density at radius 2 is 1.36 bits per heavy atom. The molecule has 9 heteroatoms. The van der Waals surface area contributed by atoms with Crippen molar-refractivity contribution in [3.05, 3.63) is 94.1 Å². The second kappa shape index (κ2) is 8.72. The van der Waals surface area contributed by atoms with Crippen molar-refractivity contribution in [2.75, 3.05) is 0 Å². The Kier molecular flexibility index (Phi) is 6.26. The van der Waals surface area contributed by atoms with Crippen LogP contribution in [0.4, 0.5) is 0 Å². The van der Waals surface area contributed by atoms with Gasteiger partial charge in [-0.1, -0.05) is 51.3 Å². The van der Waals surface area contributed by atoms with Gasteiger partial charge in [-0.05, 0) is 63.2 Å². The van der Waals surface area contributed by atoms with E-state index >= 15 is 0 Å². The van der Waals surface area contributed by atoms with Crippen LogP contribution in [0.1, 0.15) is 29.7 Å². The summed E-state index contributed by atoms with van der Waals surface area (Å²) in [5.74, 6) is 0. The molecule has 4 aromatic rings. The fourth-order valence-electron chi connectivity index (χ4n) is 3.55. The molecule has 0 aliphatic rings. The third kappa shape index (κ3) is 4.63. The molecule has 0 bridgehead atoms. The SMILES string of the molecule is Cc1ccc(S(=O)(=O)OC(C)c2cn(S(=O)(=O)c3ccc(C)cc3)c3ccc(Br)cc23)cc1. The van der Waals surface area contributed by atoms with Crippen LogP contribution in [0.3, 0.4) is 0 Å². The third-order valence-electron chi connectivity index (χ3n) is 5.36. The Labute approximate surface area is 202 Å². The van der Waals surface area contributed by atoms with Crippen molar-refractivity contribution in [1.29, 1.82) is 0 Å². The number of nitrogens with zero attached hydrogens (tertiary/aromatic N) is 1. The van der Waals surface area contributed by atoms with E-state index in [1.807, 2.05) is 13.8 Å². The summed E-state index contributed by atoms with van der Waals surface area (Å²) in [7, 11) is -7.97. The highest BCUT2D eigenvalue weighted by Crippen LogP contribution is 2.34. The first-order valence-corrected chi connectivity index (χ1v) is 13.8. The molecule has 33 heavy (non-hydrogen) atoms. The van der Waals surface area contributed by atoms with Crippen LogP contribution < -0.4 is 0 Å². The van der Waals surface area contributed by atoms with Crippen LogP contribution in [0.25, 0.3) is 10.9 Å². The Bertz CT molecular complexity index is 1540. The summed E-state index contributed by atoms with van der Waals surface area (Å²) in [5, 5.41) is 0.576. The van der Waals surface area contributed by atoms with Crippen LogP contribution in [0, 0.1) is 13.8 Å². The van der Waals surface area contributed by atoms with Gasteiger partial charge in [-0.15, -0.1) is 0 Å². The summed E-state index contributed by atoms with van der Waals surface area (Å²) in [4.78, 5) is 0.178. The normalized spacial score (nSPS) is 13.3. The zero-order chi connectivity index (χ0) is 24.0. The topological polar surface area (TPSA) is 82.4 Å². The Morgan fingerprint density at radius 3 is 1.94 bits per heavy atom. The van der Waals surface area contributed by atoms with E-state index in [1.54, 1.807) is 61.5 Å².